The molecule has 0 aliphatic carbocycles. The van der Waals surface area contributed by atoms with Crippen LogP contribution in [0.25, 0.3) is 11.4 Å². The van der Waals surface area contributed by atoms with Crippen LogP contribution in [0.15, 0.2) is 28.7 Å². The van der Waals surface area contributed by atoms with E-state index in [0.29, 0.717) is 5.69 Å². The lowest BCUT2D eigenvalue weighted by atomic mass is 9.97. The average molecular weight is 526 g/mol. The maximum atomic E-state index is 12.9. The number of hydrogen-bond donors (Lipinski definition) is 4. The molecule has 16 heteroatoms. The van der Waals surface area contributed by atoms with Crippen LogP contribution in [0, 0.1) is 0 Å². The third-order valence-corrected chi connectivity index (χ3v) is 6.80. The zero-order valence-corrected chi connectivity index (χ0v) is 18.6. The van der Waals surface area contributed by atoms with Crippen molar-refractivity contribution in [3.8, 4) is 16.6 Å². The van der Waals surface area contributed by atoms with Gasteiger partial charge in [0, 0.05) is 16.5 Å². The van der Waals surface area contributed by atoms with Crippen molar-refractivity contribution in [1.82, 2.24) is 25.0 Å². The predicted octanol–water partition coefficient (Wildman–Crippen LogP) is 1.95. The van der Waals surface area contributed by atoms with Crippen molar-refractivity contribution >= 4 is 34.7 Å². The van der Waals surface area contributed by atoms with Gasteiger partial charge in [0.1, 0.15) is 41.2 Å². The second-order valence-electron chi connectivity index (χ2n) is 6.91. The summed E-state index contributed by atoms with van der Waals surface area (Å²) < 4.78 is 45.4. The minimum absolute atomic E-state index is 0.168. The van der Waals surface area contributed by atoms with Crippen LogP contribution in [0.4, 0.5) is 13.2 Å². The van der Waals surface area contributed by atoms with E-state index in [0.717, 1.165) is 35.4 Å². The zero-order chi connectivity index (χ0) is 23.9. The van der Waals surface area contributed by atoms with Crippen LogP contribution in [0.1, 0.15) is 11.7 Å². The number of aromatic hydroxyl groups is 1. The van der Waals surface area contributed by atoms with Crippen LogP contribution in [-0.4, -0.2) is 75.7 Å². The molecule has 0 bridgehead atoms. The van der Waals surface area contributed by atoms with Crippen molar-refractivity contribution in [3.05, 3.63) is 34.6 Å². The number of aliphatic hydroxyl groups is 3. The van der Waals surface area contributed by atoms with Crippen LogP contribution in [0.2, 0.25) is 5.02 Å². The highest BCUT2D eigenvalue weighted by molar-refractivity contribution is 7.99. The molecule has 178 valence electrons. The summed E-state index contributed by atoms with van der Waals surface area (Å²) in [4.78, 5) is 7.39. The molecular formula is C17H15ClF3N5O5S2. The van der Waals surface area contributed by atoms with Gasteiger partial charge in [-0.3, -0.25) is 0 Å². The number of thioether (sulfide) groups is 1. The summed E-state index contributed by atoms with van der Waals surface area (Å²) in [6, 6.07) is -0.0891. The number of pyridine rings is 1. The number of ether oxygens (including phenoxy) is 1. The Morgan fingerprint density at radius 2 is 2.00 bits per heavy atom. The molecule has 0 aromatic carbocycles. The third kappa shape index (κ3) is 4.94. The number of halogens is 4. The van der Waals surface area contributed by atoms with E-state index >= 15 is 0 Å². The molecule has 1 fully saturated rings. The van der Waals surface area contributed by atoms with Gasteiger partial charge in [-0.05, 0) is 6.07 Å². The molecular weight excluding hydrogens is 511 g/mol. The number of aromatic nitrogens is 5. The van der Waals surface area contributed by atoms with Crippen LogP contribution < -0.4 is 0 Å². The molecule has 0 radical (unpaired) electrons. The fourth-order valence-electron chi connectivity index (χ4n) is 3.23. The van der Waals surface area contributed by atoms with Gasteiger partial charge in [0.15, 0.2) is 5.69 Å². The molecule has 2 unspecified atom stereocenters. The Bertz CT molecular complexity index is 1130. The van der Waals surface area contributed by atoms with Gasteiger partial charge in [0.2, 0.25) is 0 Å². The summed E-state index contributed by atoms with van der Waals surface area (Å²) in [6.07, 6.45) is -6.35. The molecule has 1 aliphatic heterocycles. The molecule has 3 aromatic rings. The Kier molecular flexibility index (Phi) is 6.82. The lowest BCUT2D eigenvalue weighted by Crippen LogP contribution is -2.55. The monoisotopic (exact) mass is 525 g/mol. The lowest BCUT2D eigenvalue weighted by molar-refractivity contribution is -0.178. The van der Waals surface area contributed by atoms with Gasteiger partial charge in [0.05, 0.1) is 17.8 Å². The number of thiazole rings is 1. The van der Waals surface area contributed by atoms with Crippen LogP contribution >= 0.6 is 34.7 Å². The average Bonchev–Trinajstić information content (AvgIpc) is 3.38. The highest BCUT2D eigenvalue weighted by Crippen LogP contribution is 2.40. The Morgan fingerprint density at radius 3 is 2.61 bits per heavy atom. The second kappa shape index (κ2) is 9.32. The van der Waals surface area contributed by atoms with E-state index < -0.39 is 53.3 Å². The van der Waals surface area contributed by atoms with Crippen LogP contribution in [0.3, 0.4) is 0 Å². The molecule has 1 aliphatic rings. The second-order valence-corrected chi connectivity index (χ2v) is 9.33. The van der Waals surface area contributed by atoms with Crippen LogP contribution in [-0.2, 0) is 10.9 Å². The molecule has 10 nitrogen and oxygen atoms in total. The SMILES string of the molecule is OCC1O[C@H](Sc2cnc(C(F)(F)F)c(Cl)c2)C(O)[C@@H](n2cc(-c3csc(O)n3)nn2)[C@H]1O. The number of nitrogens with zero attached hydrogens (tertiary/aromatic N) is 5. The first-order valence-electron chi connectivity index (χ1n) is 9.17. The minimum atomic E-state index is -4.72. The van der Waals surface area contributed by atoms with Gasteiger partial charge in [-0.2, -0.15) is 13.2 Å². The van der Waals surface area contributed by atoms with Crippen LogP contribution in [0.5, 0.6) is 5.19 Å². The molecule has 5 atom stereocenters. The fourth-order valence-corrected chi connectivity index (χ4v) is 5.17. The molecule has 33 heavy (non-hydrogen) atoms. The summed E-state index contributed by atoms with van der Waals surface area (Å²) in [7, 11) is 0. The molecule has 0 spiro atoms. The van der Waals surface area contributed by atoms with E-state index in [9.17, 15) is 33.6 Å². The highest BCUT2D eigenvalue weighted by Gasteiger charge is 2.46. The summed E-state index contributed by atoms with van der Waals surface area (Å²) in [5, 5.41) is 49.2. The van der Waals surface area contributed by atoms with Gasteiger partial charge < -0.3 is 25.2 Å². The van der Waals surface area contributed by atoms with Crippen molar-refractivity contribution in [2.24, 2.45) is 0 Å². The molecule has 4 N–H and O–H groups in total. The molecule has 1 saturated heterocycles. The largest absolute Gasteiger partial charge is 0.486 e. The maximum Gasteiger partial charge on any atom is 0.434 e. The van der Waals surface area contributed by atoms with Crippen molar-refractivity contribution < 1.29 is 38.3 Å². The Hall–Kier alpha value is -2.01. The van der Waals surface area contributed by atoms with Gasteiger partial charge in [-0.25, -0.2) is 14.6 Å². The normalized spacial score (nSPS) is 26.0. The van der Waals surface area contributed by atoms with E-state index in [1.807, 2.05) is 0 Å². The smallest absolute Gasteiger partial charge is 0.434 e. The molecule has 0 amide bonds. The lowest BCUT2D eigenvalue weighted by Gasteiger charge is -2.41. The maximum absolute atomic E-state index is 12.9. The Balaban J connectivity index is 1.59. The third-order valence-electron chi connectivity index (χ3n) is 4.76. The number of aliphatic hydroxyl groups excluding tert-OH is 3. The molecule has 0 saturated carbocycles. The standard InChI is InChI=1S/C17H15ClF3N5O5S2/c18-7-1-6(2-22-14(7)17(19,20)21)33-15-13(29)11(12(28)10(4-27)31-15)26-3-8(24-25-26)9-5-32-16(30)23-9/h1-3,5,10-13,15,27-29H,4H2,(H,23,30)/t10?,11-,12-,13?,15+/m0/s1. The predicted molar refractivity (Wildman–Crippen MR) is 110 cm³/mol. The van der Waals surface area contributed by atoms with Crippen molar-refractivity contribution in [3.63, 3.8) is 0 Å². The number of rotatable bonds is 5. The van der Waals surface area contributed by atoms with Crippen molar-refractivity contribution in [2.75, 3.05) is 6.61 Å². The van der Waals surface area contributed by atoms with Crippen molar-refractivity contribution in [1.29, 1.82) is 0 Å². The molecule has 4 rings (SSSR count). The number of alkyl halides is 3. The Morgan fingerprint density at radius 1 is 1.24 bits per heavy atom. The molecule has 3 aromatic heterocycles. The zero-order valence-electron chi connectivity index (χ0n) is 16.2. The van der Waals surface area contributed by atoms with E-state index in [1.165, 1.54) is 16.3 Å². The molecule has 4 heterocycles. The topological polar surface area (TPSA) is 147 Å². The summed E-state index contributed by atoms with van der Waals surface area (Å²) in [5.74, 6) is 0. The summed E-state index contributed by atoms with van der Waals surface area (Å²) in [5.41, 5.74) is -1.78. The van der Waals surface area contributed by atoms with E-state index in [4.69, 9.17) is 16.3 Å². The summed E-state index contributed by atoms with van der Waals surface area (Å²) >= 11 is 7.51. The first-order valence-corrected chi connectivity index (χ1v) is 11.3. The van der Waals surface area contributed by atoms with E-state index in [1.54, 1.807) is 0 Å². The number of hydrogen-bond acceptors (Lipinski definition) is 11. The highest BCUT2D eigenvalue weighted by atomic mass is 35.5. The fraction of sp³-hybridized carbons (Fsp3) is 0.412. The quantitative estimate of drug-likeness (QED) is 0.389. The van der Waals surface area contributed by atoms with E-state index in [2.05, 4.69) is 20.3 Å². The van der Waals surface area contributed by atoms with Gasteiger partial charge in [-0.1, -0.05) is 39.9 Å². The van der Waals surface area contributed by atoms with Gasteiger partial charge in [-0.15, -0.1) is 5.10 Å². The van der Waals surface area contributed by atoms with Gasteiger partial charge >= 0.3 is 6.18 Å². The van der Waals surface area contributed by atoms with E-state index in [-0.39, 0.29) is 15.8 Å². The minimum Gasteiger partial charge on any atom is -0.486 e. The van der Waals surface area contributed by atoms with Crippen molar-refractivity contribution in [2.45, 2.75) is 40.9 Å². The first-order chi connectivity index (χ1) is 15.6. The first kappa shape index (κ1) is 24.1. The van der Waals surface area contributed by atoms with Gasteiger partial charge in [0.25, 0.3) is 5.19 Å². The Labute approximate surface area is 196 Å². The summed E-state index contributed by atoms with van der Waals surface area (Å²) in [6.45, 7) is -0.602.